The number of carbonyl (C=O) groups excluding carboxylic acids is 2. The van der Waals surface area contributed by atoms with E-state index in [9.17, 15) is 9.59 Å². The summed E-state index contributed by atoms with van der Waals surface area (Å²) in [5.41, 5.74) is 10.1. The lowest BCUT2D eigenvalue weighted by molar-refractivity contribution is -0.129. The Morgan fingerprint density at radius 2 is 1.45 bits per heavy atom. The van der Waals surface area contributed by atoms with Gasteiger partial charge in [0, 0.05) is 13.1 Å². The molecule has 5 nitrogen and oxygen atoms in total. The molecule has 2 atom stereocenters. The van der Waals surface area contributed by atoms with E-state index in [0.29, 0.717) is 13.1 Å². The standard InChI is InChI=1S/C6H11N3O2/c7-5(10)3-1-9-2-4(3)6(8)11/h3-4,9H,1-2H2,(H2,7,10)(H2,8,11)/t3-,4?/m0/s1. The second-order valence-corrected chi connectivity index (χ2v) is 2.68. The first-order valence-electron chi connectivity index (χ1n) is 3.42. The Morgan fingerprint density at radius 3 is 1.73 bits per heavy atom. The molecule has 1 heterocycles. The van der Waals surface area contributed by atoms with Crippen molar-refractivity contribution in [3.63, 3.8) is 0 Å². The zero-order valence-corrected chi connectivity index (χ0v) is 6.04. The van der Waals surface area contributed by atoms with Crippen LogP contribution in [0.5, 0.6) is 0 Å². The molecule has 2 amide bonds. The van der Waals surface area contributed by atoms with Gasteiger partial charge in [-0.15, -0.1) is 0 Å². The van der Waals surface area contributed by atoms with Gasteiger partial charge >= 0.3 is 0 Å². The normalized spacial score (nSPS) is 30.2. The fraction of sp³-hybridized carbons (Fsp3) is 0.667. The highest BCUT2D eigenvalue weighted by atomic mass is 16.2. The molecule has 1 aliphatic rings. The largest absolute Gasteiger partial charge is 0.369 e. The van der Waals surface area contributed by atoms with Crippen molar-refractivity contribution in [3.05, 3.63) is 0 Å². The van der Waals surface area contributed by atoms with E-state index >= 15 is 0 Å². The van der Waals surface area contributed by atoms with E-state index in [-0.39, 0.29) is 0 Å². The third-order valence-electron chi connectivity index (χ3n) is 1.95. The number of carbonyl (C=O) groups is 2. The highest BCUT2D eigenvalue weighted by Gasteiger charge is 2.34. The number of primary amides is 2. The lowest BCUT2D eigenvalue weighted by Gasteiger charge is -2.09. The molecule has 0 radical (unpaired) electrons. The Morgan fingerprint density at radius 1 is 1.09 bits per heavy atom. The van der Waals surface area contributed by atoms with Crippen LogP contribution in [0.15, 0.2) is 0 Å². The summed E-state index contributed by atoms with van der Waals surface area (Å²) in [6, 6.07) is 0. The molecule has 0 spiro atoms. The molecule has 0 bridgehead atoms. The van der Waals surface area contributed by atoms with E-state index in [4.69, 9.17) is 11.5 Å². The lowest BCUT2D eigenvalue weighted by Crippen LogP contribution is -2.36. The van der Waals surface area contributed by atoms with Gasteiger partial charge in [-0.25, -0.2) is 0 Å². The second-order valence-electron chi connectivity index (χ2n) is 2.68. The van der Waals surface area contributed by atoms with Crippen LogP contribution in [0.25, 0.3) is 0 Å². The molecule has 0 aromatic rings. The molecule has 11 heavy (non-hydrogen) atoms. The highest BCUT2D eigenvalue weighted by Crippen LogP contribution is 2.14. The van der Waals surface area contributed by atoms with Crippen LogP contribution >= 0.6 is 0 Å². The third kappa shape index (κ3) is 1.48. The van der Waals surface area contributed by atoms with Crippen molar-refractivity contribution in [3.8, 4) is 0 Å². The van der Waals surface area contributed by atoms with Crippen molar-refractivity contribution in [2.75, 3.05) is 13.1 Å². The molecule has 0 aliphatic carbocycles. The smallest absolute Gasteiger partial charge is 0.222 e. The van der Waals surface area contributed by atoms with Gasteiger partial charge in [0.05, 0.1) is 11.8 Å². The lowest BCUT2D eigenvalue weighted by atomic mass is 9.95. The number of nitrogens with one attached hydrogen (secondary N) is 1. The van der Waals surface area contributed by atoms with E-state index in [0.717, 1.165) is 0 Å². The Bertz CT molecular complexity index is 172. The van der Waals surface area contributed by atoms with Crippen LogP contribution in [0.3, 0.4) is 0 Å². The second kappa shape index (κ2) is 2.87. The van der Waals surface area contributed by atoms with Gasteiger partial charge in [0.2, 0.25) is 11.8 Å². The van der Waals surface area contributed by atoms with E-state index in [2.05, 4.69) is 5.32 Å². The van der Waals surface area contributed by atoms with Gasteiger partial charge in [-0.3, -0.25) is 9.59 Å². The fourth-order valence-electron chi connectivity index (χ4n) is 1.28. The number of nitrogens with two attached hydrogens (primary N) is 2. The van der Waals surface area contributed by atoms with Gasteiger partial charge < -0.3 is 16.8 Å². The predicted octanol–water partition coefficient (Wildman–Crippen LogP) is -2.21. The Kier molecular flexibility index (Phi) is 2.09. The average molecular weight is 157 g/mol. The van der Waals surface area contributed by atoms with Crippen LogP contribution in [0, 0.1) is 11.8 Å². The van der Waals surface area contributed by atoms with E-state index in [1.807, 2.05) is 0 Å². The summed E-state index contributed by atoms with van der Waals surface area (Å²) in [4.78, 5) is 21.4. The quantitative estimate of drug-likeness (QED) is 0.424. The minimum Gasteiger partial charge on any atom is -0.369 e. The van der Waals surface area contributed by atoms with Crippen molar-refractivity contribution in [1.82, 2.24) is 5.32 Å². The van der Waals surface area contributed by atoms with Crippen molar-refractivity contribution in [1.29, 1.82) is 0 Å². The minimum atomic E-state index is -0.459. The number of hydrogen-bond donors (Lipinski definition) is 3. The van der Waals surface area contributed by atoms with Crippen molar-refractivity contribution in [2.24, 2.45) is 23.3 Å². The molecule has 62 valence electrons. The van der Waals surface area contributed by atoms with E-state index in [1.54, 1.807) is 0 Å². The summed E-state index contributed by atoms with van der Waals surface area (Å²) in [5, 5.41) is 2.88. The Labute approximate surface area is 64.1 Å². The summed E-state index contributed by atoms with van der Waals surface area (Å²) in [6.45, 7) is 0.923. The van der Waals surface area contributed by atoms with Crippen LogP contribution < -0.4 is 16.8 Å². The summed E-state index contributed by atoms with van der Waals surface area (Å²) >= 11 is 0. The Hall–Kier alpha value is -1.10. The molecule has 1 aliphatic heterocycles. The van der Waals surface area contributed by atoms with Gasteiger partial charge in [-0.2, -0.15) is 0 Å². The maximum Gasteiger partial charge on any atom is 0.222 e. The summed E-state index contributed by atoms with van der Waals surface area (Å²) in [6.07, 6.45) is 0. The van der Waals surface area contributed by atoms with Crippen LogP contribution in [0.2, 0.25) is 0 Å². The van der Waals surface area contributed by atoms with Gasteiger partial charge in [-0.1, -0.05) is 0 Å². The van der Waals surface area contributed by atoms with Crippen molar-refractivity contribution >= 4 is 11.8 Å². The van der Waals surface area contributed by atoms with Gasteiger partial charge in [0.25, 0.3) is 0 Å². The molecule has 0 aromatic carbocycles. The van der Waals surface area contributed by atoms with Crippen LogP contribution in [-0.4, -0.2) is 24.9 Å². The molecule has 5 N–H and O–H groups in total. The highest BCUT2D eigenvalue weighted by molar-refractivity contribution is 5.86. The topological polar surface area (TPSA) is 98.2 Å². The molecule has 1 unspecified atom stereocenters. The van der Waals surface area contributed by atoms with E-state index in [1.165, 1.54) is 0 Å². The van der Waals surface area contributed by atoms with Crippen LogP contribution in [-0.2, 0) is 9.59 Å². The zero-order valence-electron chi connectivity index (χ0n) is 6.04. The average Bonchev–Trinajstić information content (AvgIpc) is 2.32. The maximum absolute atomic E-state index is 10.7. The number of amides is 2. The molecule has 1 saturated heterocycles. The number of hydrogen-bond acceptors (Lipinski definition) is 3. The Balaban J connectivity index is 2.65. The summed E-state index contributed by atoms with van der Waals surface area (Å²) < 4.78 is 0. The van der Waals surface area contributed by atoms with E-state index < -0.39 is 23.7 Å². The van der Waals surface area contributed by atoms with Crippen molar-refractivity contribution < 1.29 is 9.59 Å². The zero-order chi connectivity index (χ0) is 8.43. The molecule has 1 fully saturated rings. The molecule has 1 rings (SSSR count). The predicted molar refractivity (Wildman–Crippen MR) is 38.2 cm³/mol. The van der Waals surface area contributed by atoms with Crippen LogP contribution in [0.1, 0.15) is 0 Å². The number of rotatable bonds is 2. The summed E-state index contributed by atoms with van der Waals surface area (Å²) in [5.74, 6) is -1.77. The first-order chi connectivity index (χ1) is 5.13. The maximum atomic E-state index is 10.7. The molecular weight excluding hydrogens is 146 g/mol. The van der Waals surface area contributed by atoms with Gasteiger partial charge in [0.1, 0.15) is 0 Å². The third-order valence-corrected chi connectivity index (χ3v) is 1.95. The molecular formula is C6H11N3O2. The first-order valence-corrected chi connectivity index (χ1v) is 3.42. The molecule has 0 saturated carbocycles. The first kappa shape index (κ1) is 8.00. The van der Waals surface area contributed by atoms with Crippen molar-refractivity contribution in [2.45, 2.75) is 0 Å². The fourth-order valence-corrected chi connectivity index (χ4v) is 1.28. The SMILES string of the molecule is NC(=O)C1CNC[C@@H]1C(N)=O. The van der Waals surface area contributed by atoms with Gasteiger partial charge in [-0.05, 0) is 0 Å². The minimum absolute atomic E-state index is 0.424. The molecule has 5 heteroatoms. The van der Waals surface area contributed by atoms with Crippen LogP contribution in [0.4, 0.5) is 0 Å². The monoisotopic (exact) mass is 157 g/mol. The van der Waals surface area contributed by atoms with Gasteiger partial charge in [0.15, 0.2) is 0 Å². The molecule has 0 aromatic heterocycles. The summed E-state index contributed by atoms with van der Waals surface area (Å²) in [7, 11) is 0.